The summed E-state index contributed by atoms with van der Waals surface area (Å²) in [5, 5.41) is 12.1. The number of rotatable bonds is 7. The molecule has 0 radical (unpaired) electrons. The Kier molecular flexibility index (Phi) is 6.25. The molecule has 1 aromatic rings. The largest absolute Gasteiger partial charge is 0.493 e. The molecule has 0 fully saturated rings. The minimum Gasteiger partial charge on any atom is -0.493 e. The molecule has 4 heteroatoms. The van der Waals surface area contributed by atoms with E-state index in [0.29, 0.717) is 13.0 Å². The minimum atomic E-state index is -0.582. The molecule has 1 aromatic carbocycles. The van der Waals surface area contributed by atoms with E-state index in [4.69, 9.17) is 4.74 Å². The van der Waals surface area contributed by atoms with Crippen LogP contribution in [0.5, 0.6) is 5.75 Å². The summed E-state index contributed by atoms with van der Waals surface area (Å²) >= 11 is 0. The van der Waals surface area contributed by atoms with Gasteiger partial charge >= 0.3 is 0 Å². The molecule has 1 amide bonds. The fourth-order valence-corrected chi connectivity index (χ4v) is 1.65. The summed E-state index contributed by atoms with van der Waals surface area (Å²) in [6.45, 7) is 6.15. The van der Waals surface area contributed by atoms with Gasteiger partial charge in [0, 0.05) is 11.6 Å². The molecule has 110 valence electrons. The fraction of sp³-hybridized carbons (Fsp3) is 0.438. The molecule has 0 aliphatic carbocycles. The van der Waals surface area contributed by atoms with E-state index in [2.05, 4.69) is 5.32 Å². The van der Waals surface area contributed by atoms with Crippen LogP contribution in [0.3, 0.4) is 0 Å². The second-order valence-corrected chi connectivity index (χ2v) is 4.87. The third-order valence-electron chi connectivity index (χ3n) is 3.19. The van der Waals surface area contributed by atoms with Gasteiger partial charge in [-0.3, -0.25) is 4.79 Å². The van der Waals surface area contributed by atoms with Crippen molar-refractivity contribution in [1.82, 2.24) is 5.32 Å². The number of carbonyl (C=O) groups excluding carboxylic acids is 1. The Morgan fingerprint density at radius 3 is 2.70 bits per heavy atom. The number of hydrogen-bond donors (Lipinski definition) is 2. The van der Waals surface area contributed by atoms with Gasteiger partial charge in [0.25, 0.3) is 0 Å². The number of amides is 1. The van der Waals surface area contributed by atoms with Crippen LogP contribution < -0.4 is 10.1 Å². The molecule has 0 bridgehead atoms. The van der Waals surface area contributed by atoms with Crippen LogP contribution in [0.2, 0.25) is 0 Å². The maximum atomic E-state index is 11.9. The molecular weight excluding hydrogens is 254 g/mol. The highest BCUT2D eigenvalue weighted by atomic mass is 16.5. The Morgan fingerprint density at radius 1 is 1.40 bits per heavy atom. The molecular formula is C16H23NO3. The van der Waals surface area contributed by atoms with E-state index in [1.165, 1.54) is 6.08 Å². The maximum absolute atomic E-state index is 11.9. The van der Waals surface area contributed by atoms with Gasteiger partial charge in [-0.1, -0.05) is 25.1 Å². The van der Waals surface area contributed by atoms with E-state index in [9.17, 15) is 9.90 Å². The van der Waals surface area contributed by atoms with Crippen molar-refractivity contribution in [3.8, 4) is 5.75 Å². The zero-order chi connectivity index (χ0) is 15.0. The van der Waals surface area contributed by atoms with Crippen LogP contribution in [-0.4, -0.2) is 29.8 Å². The monoisotopic (exact) mass is 277 g/mol. The molecule has 1 rings (SSSR count). The second kappa shape index (κ2) is 7.70. The minimum absolute atomic E-state index is 0.0847. The molecule has 4 nitrogen and oxygen atoms in total. The van der Waals surface area contributed by atoms with Gasteiger partial charge in [0.15, 0.2) is 0 Å². The summed E-state index contributed by atoms with van der Waals surface area (Å²) in [6.07, 6.45) is 3.84. The van der Waals surface area contributed by atoms with Crippen LogP contribution in [0, 0.1) is 0 Å². The second-order valence-electron chi connectivity index (χ2n) is 4.87. The van der Waals surface area contributed by atoms with Gasteiger partial charge in [0.1, 0.15) is 5.75 Å². The van der Waals surface area contributed by atoms with Gasteiger partial charge in [-0.15, -0.1) is 0 Å². The van der Waals surface area contributed by atoms with Crippen LogP contribution in [0.4, 0.5) is 0 Å². The molecule has 0 spiro atoms. The zero-order valence-corrected chi connectivity index (χ0v) is 12.3. The van der Waals surface area contributed by atoms with Crippen molar-refractivity contribution >= 4 is 12.0 Å². The topological polar surface area (TPSA) is 58.6 Å². The van der Waals surface area contributed by atoms with Crippen LogP contribution in [-0.2, 0) is 4.79 Å². The average molecular weight is 277 g/mol. The van der Waals surface area contributed by atoms with Gasteiger partial charge in [-0.05, 0) is 32.4 Å². The van der Waals surface area contributed by atoms with E-state index >= 15 is 0 Å². The molecule has 0 saturated heterocycles. The third kappa shape index (κ3) is 4.70. The lowest BCUT2D eigenvalue weighted by molar-refractivity contribution is -0.118. The van der Waals surface area contributed by atoms with Crippen molar-refractivity contribution in [2.45, 2.75) is 32.7 Å². The number of ether oxygens (including phenoxy) is 1. The van der Waals surface area contributed by atoms with Crippen molar-refractivity contribution < 1.29 is 14.6 Å². The van der Waals surface area contributed by atoms with Crippen LogP contribution in [0.1, 0.15) is 32.8 Å². The maximum Gasteiger partial charge on any atom is 0.244 e. The van der Waals surface area contributed by atoms with Crippen molar-refractivity contribution in [2.75, 3.05) is 13.2 Å². The highest BCUT2D eigenvalue weighted by molar-refractivity contribution is 5.92. The first-order valence-corrected chi connectivity index (χ1v) is 6.87. The quantitative estimate of drug-likeness (QED) is 0.752. The number of benzene rings is 1. The lowest BCUT2D eigenvalue weighted by atomic mass is 10.0. The first-order chi connectivity index (χ1) is 9.54. The highest BCUT2D eigenvalue weighted by Crippen LogP contribution is 2.19. The van der Waals surface area contributed by atoms with E-state index < -0.39 is 5.54 Å². The predicted molar refractivity (Wildman–Crippen MR) is 80.6 cm³/mol. The molecule has 0 heterocycles. The molecule has 0 aliphatic heterocycles. The Balaban J connectivity index is 2.75. The lowest BCUT2D eigenvalue weighted by Gasteiger charge is -2.26. The van der Waals surface area contributed by atoms with Crippen LogP contribution in [0.25, 0.3) is 6.08 Å². The van der Waals surface area contributed by atoms with Gasteiger partial charge in [-0.25, -0.2) is 0 Å². The van der Waals surface area contributed by atoms with Crippen molar-refractivity contribution in [3.05, 3.63) is 35.9 Å². The molecule has 0 aromatic heterocycles. The first kappa shape index (κ1) is 16.2. The molecule has 0 aliphatic rings. The number of nitrogens with one attached hydrogen (secondary N) is 1. The molecule has 0 saturated carbocycles. The number of aliphatic hydroxyl groups excluding tert-OH is 1. The highest BCUT2D eigenvalue weighted by Gasteiger charge is 2.21. The molecule has 2 N–H and O–H groups in total. The van der Waals surface area contributed by atoms with E-state index in [1.807, 2.05) is 45.0 Å². The van der Waals surface area contributed by atoms with Gasteiger partial charge in [0.05, 0.1) is 18.8 Å². The predicted octanol–water partition coefficient (Wildman–Crippen LogP) is 2.38. The van der Waals surface area contributed by atoms with Crippen LogP contribution >= 0.6 is 0 Å². The lowest BCUT2D eigenvalue weighted by Crippen LogP contribution is -2.47. The van der Waals surface area contributed by atoms with Crippen LogP contribution in [0.15, 0.2) is 30.3 Å². The summed E-state index contributed by atoms with van der Waals surface area (Å²) in [5.74, 6) is 0.522. The third-order valence-corrected chi connectivity index (χ3v) is 3.19. The van der Waals surface area contributed by atoms with E-state index in [-0.39, 0.29) is 12.5 Å². The smallest absolute Gasteiger partial charge is 0.244 e. The standard InChI is InChI=1S/C16H23NO3/c1-4-16(3,12-18)17-15(19)11-10-13-8-6-7-9-14(13)20-5-2/h6-11,18H,4-5,12H2,1-3H3,(H,17,19). The van der Waals surface area contributed by atoms with Crippen molar-refractivity contribution in [1.29, 1.82) is 0 Å². The number of para-hydroxylation sites is 1. The molecule has 20 heavy (non-hydrogen) atoms. The Hall–Kier alpha value is -1.81. The molecule has 1 unspecified atom stereocenters. The number of carbonyl (C=O) groups is 1. The molecule has 1 atom stereocenters. The summed E-state index contributed by atoms with van der Waals surface area (Å²) in [4.78, 5) is 11.9. The zero-order valence-electron chi connectivity index (χ0n) is 12.3. The Labute approximate surface area is 120 Å². The van der Waals surface area contributed by atoms with E-state index in [0.717, 1.165) is 11.3 Å². The van der Waals surface area contributed by atoms with Crippen molar-refractivity contribution in [2.24, 2.45) is 0 Å². The summed E-state index contributed by atoms with van der Waals surface area (Å²) in [7, 11) is 0. The van der Waals surface area contributed by atoms with Crippen molar-refractivity contribution in [3.63, 3.8) is 0 Å². The first-order valence-electron chi connectivity index (χ1n) is 6.87. The SMILES string of the molecule is CCOc1ccccc1C=CC(=O)NC(C)(CC)CO. The van der Waals surface area contributed by atoms with E-state index in [1.54, 1.807) is 6.08 Å². The number of hydrogen-bond acceptors (Lipinski definition) is 3. The van der Waals surface area contributed by atoms with Gasteiger partial charge < -0.3 is 15.2 Å². The summed E-state index contributed by atoms with van der Waals surface area (Å²) < 4.78 is 5.49. The average Bonchev–Trinajstić information content (AvgIpc) is 2.46. The summed E-state index contributed by atoms with van der Waals surface area (Å²) in [6, 6.07) is 7.54. The Bertz CT molecular complexity index is 465. The number of aliphatic hydroxyl groups is 1. The summed E-state index contributed by atoms with van der Waals surface area (Å²) in [5.41, 5.74) is 0.271. The van der Waals surface area contributed by atoms with Gasteiger partial charge in [0.2, 0.25) is 5.91 Å². The fourth-order valence-electron chi connectivity index (χ4n) is 1.65. The van der Waals surface area contributed by atoms with Gasteiger partial charge in [-0.2, -0.15) is 0 Å². The normalized spacial score (nSPS) is 14.0. The Morgan fingerprint density at radius 2 is 2.10 bits per heavy atom.